The van der Waals surface area contributed by atoms with Crippen LogP contribution in [0.2, 0.25) is 0 Å². The molecule has 2 aliphatic carbocycles. The number of hydrogen-bond acceptors (Lipinski definition) is 2. The monoisotopic (exact) mass is 281 g/mol. The van der Waals surface area contributed by atoms with Gasteiger partial charge in [0.05, 0.1) is 5.60 Å². The van der Waals surface area contributed by atoms with Gasteiger partial charge in [0.1, 0.15) is 0 Å². The van der Waals surface area contributed by atoms with Crippen LogP contribution in [-0.4, -0.2) is 24.8 Å². The summed E-state index contributed by atoms with van der Waals surface area (Å²) in [5.74, 6) is 1.76. The molecule has 0 amide bonds. The quantitative estimate of drug-likeness (QED) is 0.772. The summed E-state index contributed by atoms with van der Waals surface area (Å²) in [6.45, 7) is 8.77. The molecule has 1 N–H and O–H groups in total. The Labute approximate surface area is 126 Å². The second-order valence-corrected chi connectivity index (χ2v) is 7.11. The number of ether oxygens (including phenoxy) is 1. The summed E-state index contributed by atoms with van der Waals surface area (Å²) in [5.41, 5.74) is 0.133. The number of rotatable bonds is 6. The smallest absolute Gasteiger partial charge is 0.0837 e. The van der Waals surface area contributed by atoms with Crippen molar-refractivity contribution in [1.29, 1.82) is 0 Å². The van der Waals surface area contributed by atoms with Crippen LogP contribution in [0.1, 0.15) is 78.6 Å². The highest BCUT2D eigenvalue weighted by molar-refractivity contribution is 4.99. The van der Waals surface area contributed by atoms with E-state index in [9.17, 15) is 0 Å². The molecule has 0 saturated heterocycles. The van der Waals surface area contributed by atoms with Crippen LogP contribution in [0.5, 0.6) is 0 Å². The molecule has 20 heavy (non-hydrogen) atoms. The Morgan fingerprint density at radius 3 is 2.25 bits per heavy atom. The lowest BCUT2D eigenvalue weighted by Crippen LogP contribution is -2.57. The molecule has 2 rings (SSSR count). The zero-order chi connectivity index (χ0) is 14.4. The molecule has 118 valence electrons. The third-order valence-electron chi connectivity index (χ3n) is 5.65. The Bertz CT molecular complexity index is 259. The van der Waals surface area contributed by atoms with E-state index < -0.39 is 0 Å². The Morgan fingerprint density at radius 2 is 1.70 bits per heavy atom. The van der Waals surface area contributed by atoms with Crippen LogP contribution in [0, 0.1) is 11.8 Å². The second-order valence-electron chi connectivity index (χ2n) is 7.11. The van der Waals surface area contributed by atoms with Crippen molar-refractivity contribution < 1.29 is 4.74 Å². The maximum absolute atomic E-state index is 6.40. The van der Waals surface area contributed by atoms with Crippen LogP contribution in [0.25, 0.3) is 0 Å². The summed E-state index contributed by atoms with van der Waals surface area (Å²) in [6, 6.07) is 0.584. The topological polar surface area (TPSA) is 21.3 Å². The highest BCUT2D eigenvalue weighted by Crippen LogP contribution is 2.41. The van der Waals surface area contributed by atoms with E-state index >= 15 is 0 Å². The van der Waals surface area contributed by atoms with Crippen molar-refractivity contribution in [2.75, 3.05) is 13.2 Å². The maximum Gasteiger partial charge on any atom is 0.0837 e. The molecule has 0 radical (unpaired) electrons. The van der Waals surface area contributed by atoms with Crippen LogP contribution in [-0.2, 0) is 4.74 Å². The molecular weight excluding hydrogens is 246 g/mol. The molecule has 2 aliphatic rings. The van der Waals surface area contributed by atoms with Crippen LogP contribution >= 0.6 is 0 Å². The first-order valence-electron chi connectivity index (χ1n) is 9.09. The average Bonchev–Trinajstić information content (AvgIpc) is 2.47. The summed E-state index contributed by atoms with van der Waals surface area (Å²) in [4.78, 5) is 0. The Balaban J connectivity index is 2.10. The summed E-state index contributed by atoms with van der Waals surface area (Å²) < 4.78 is 6.40. The number of likely N-dealkylation sites (N-methyl/N-ethyl adjacent to an activating group) is 1. The maximum atomic E-state index is 6.40. The lowest BCUT2D eigenvalue weighted by atomic mass is 9.69. The number of hydrogen-bond donors (Lipinski definition) is 1. The van der Waals surface area contributed by atoms with Crippen molar-refractivity contribution in [1.82, 2.24) is 5.32 Å². The van der Waals surface area contributed by atoms with Gasteiger partial charge in [-0.25, -0.2) is 0 Å². The van der Waals surface area contributed by atoms with E-state index in [-0.39, 0.29) is 5.60 Å². The van der Waals surface area contributed by atoms with E-state index in [0.29, 0.717) is 6.04 Å². The lowest BCUT2D eigenvalue weighted by Gasteiger charge is -2.48. The summed E-state index contributed by atoms with van der Waals surface area (Å²) >= 11 is 0. The van der Waals surface area contributed by atoms with Gasteiger partial charge in [0, 0.05) is 12.6 Å². The van der Waals surface area contributed by atoms with E-state index in [1.165, 1.54) is 57.8 Å². The van der Waals surface area contributed by atoms with Crippen LogP contribution in [0.4, 0.5) is 0 Å². The first-order chi connectivity index (χ1) is 9.72. The van der Waals surface area contributed by atoms with Crippen molar-refractivity contribution in [3.63, 3.8) is 0 Å². The van der Waals surface area contributed by atoms with Gasteiger partial charge >= 0.3 is 0 Å². The predicted molar refractivity (Wildman–Crippen MR) is 86.0 cm³/mol. The van der Waals surface area contributed by atoms with Gasteiger partial charge in [-0.2, -0.15) is 0 Å². The van der Waals surface area contributed by atoms with Gasteiger partial charge in [-0.05, 0) is 51.0 Å². The first-order valence-corrected chi connectivity index (χ1v) is 9.09. The predicted octanol–water partition coefficient (Wildman–Crippen LogP) is 4.53. The molecular formula is C18H35NO. The highest BCUT2D eigenvalue weighted by Gasteiger charge is 2.44. The Morgan fingerprint density at radius 1 is 1.05 bits per heavy atom. The zero-order valence-corrected chi connectivity index (χ0v) is 13.9. The molecule has 2 saturated carbocycles. The van der Waals surface area contributed by atoms with E-state index in [4.69, 9.17) is 4.74 Å². The Hall–Kier alpha value is -0.0800. The molecule has 1 unspecified atom stereocenters. The van der Waals surface area contributed by atoms with E-state index in [1.807, 2.05) is 0 Å². The molecule has 0 bridgehead atoms. The van der Waals surface area contributed by atoms with Crippen molar-refractivity contribution >= 4 is 0 Å². The van der Waals surface area contributed by atoms with E-state index in [2.05, 4.69) is 26.1 Å². The van der Waals surface area contributed by atoms with Crippen LogP contribution < -0.4 is 5.32 Å². The van der Waals surface area contributed by atoms with Gasteiger partial charge in [0.2, 0.25) is 0 Å². The molecule has 0 heterocycles. The van der Waals surface area contributed by atoms with Crippen molar-refractivity contribution in [3.8, 4) is 0 Å². The van der Waals surface area contributed by atoms with Crippen LogP contribution in [0.15, 0.2) is 0 Å². The van der Waals surface area contributed by atoms with E-state index in [0.717, 1.165) is 25.0 Å². The summed E-state index contributed by atoms with van der Waals surface area (Å²) in [6.07, 6.45) is 12.3. The van der Waals surface area contributed by atoms with Gasteiger partial charge in [0.25, 0.3) is 0 Å². The molecule has 0 spiro atoms. The molecule has 2 fully saturated rings. The third kappa shape index (κ3) is 3.76. The fourth-order valence-electron chi connectivity index (χ4n) is 4.60. The molecule has 0 aliphatic heterocycles. The molecule has 1 atom stereocenters. The average molecular weight is 281 g/mol. The highest BCUT2D eigenvalue weighted by atomic mass is 16.5. The minimum atomic E-state index is 0.133. The minimum absolute atomic E-state index is 0.133. The van der Waals surface area contributed by atoms with Gasteiger partial charge in [-0.1, -0.05) is 46.0 Å². The minimum Gasteiger partial charge on any atom is -0.374 e. The molecule has 0 aromatic heterocycles. The van der Waals surface area contributed by atoms with Crippen LogP contribution in [0.3, 0.4) is 0 Å². The summed E-state index contributed by atoms with van der Waals surface area (Å²) in [5, 5.41) is 3.84. The number of nitrogens with one attached hydrogen (secondary N) is 1. The molecule has 2 heteroatoms. The van der Waals surface area contributed by atoms with Crippen molar-refractivity contribution in [3.05, 3.63) is 0 Å². The lowest BCUT2D eigenvalue weighted by molar-refractivity contribution is -0.106. The zero-order valence-electron chi connectivity index (χ0n) is 13.9. The Kier molecular flexibility index (Phi) is 6.35. The van der Waals surface area contributed by atoms with Crippen molar-refractivity contribution in [2.45, 2.75) is 90.2 Å². The second kappa shape index (κ2) is 7.79. The standard InChI is InChI=1S/C18H35NO/c1-4-19-17(16-11-9-15(3)10-12-16)18(20-5-2)13-7-6-8-14-18/h15-17,19H,4-14H2,1-3H3. The van der Waals surface area contributed by atoms with Gasteiger partial charge in [-0.15, -0.1) is 0 Å². The van der Waals surface area contributed by atoms with Gasteiger partial charge in [-0.3, -0.25) is 0 Å². The van der Waals surface area contributed by atoms with Gasteiger partial charge in [0.15, 0.2) is 0 Å². The normalized spacial score (nSPS) is 31.9. The largest absolute Gasteiger partial charge is 0.374 e. The molecule has 0 aromatic carbocycles. The van der Waals surface area contributed by atoms with Gasteiger partial charge < -0.3 is 10.1 Å². The fraction of sp³-hybridized carbons (Fsp3) is 1.00. The van der Waals surface area contributed by atoms with E-state index in [1.54, 1.807) is 0 Å². The molecule has 0 aromatic rings. The summed E-state index contributed by atoms with van der Waals surface area (Å²) in [7, 11) is 0. The third-order valence-corrected chi connectivity index (χ3v) is 5.65. The van der Waals surface area contributed by atoms with Crippen molar-refractivity contribution in [2.24, 2.45) is 11.8 Å². The first kappa shape index (κ1) is 16.3. The fourth-order valence-corrected chi connectivity index (χ4v) is 4.60. The SMILES string of the molecule is CCNC(C1CCC(C)CC1)C1(OCC)CCCCC1. The molecule has 2 nitrogen and oxygen atoms in total.